The third-order valence-electron chi connectivity index (χ3n) is 4.62. The average molecular weight is 372 g/mol. The average Bonchev–Trinajstić information content (AvgIpc) is 2.62. The second-order valence-corrected chi connectivity index (χ2v) is 7.44. The van der Waals surface area contributed by atoms with E-state index in [4.69, 9.17) is 5.73 Å². The van der Waals surface area contributed by atoms with Gasteiger partial charge in [-0.2, -0.15) is 0 Å². The van der Waals surface area contributed by atoms with E-state index in [-0.39, 0.29) is 29.4 Å². The van der Waals surface area contributed by atoms with Crippen molar-refractivity contribution in [2.24, 2.45) is 16.1 Å². The minimum absolute atomic E-state index is 0.0527. The van der Waals surface area contributed by atoms with E-state index in [1.807, 2.05) is 0 Å². The van der Waals surface area contributed by atoms with Crippen LogP contribution in [0.5, 0.6) is 0 Å². The molecule has 1 unspecified atom stereocenters. The molecule has 1 amide bonds. The summed E-state index contributed by atoms with van der Waals surface area (Å²) in [5, 5.41) is 0. The highest BCUT2D eigenvalue weighted by atomic mass is 79.9. The number of hydrogen-bond acceptors (Lipinski definition) is 3. The van der Waals surface area contributed by atoms with Gasteiger partial charge in [-0.1, -0.05) is 35.8 Å². The minimum atomic E-state index is -3.06. The number of rotatable bonds is 0. The van der Waals surface area contributed by atoms with Gasteiger partial charge < -0.3 is 5.73 Å². The van der Waals surface area contributed by atoms with Crippen LogP contribution in [0.2, 0.25) is 0 Å². The number of halogens is 3. The molecule has 0 bridgehead atoms. The van der Waals surface area contributed by atoms with Crippen LogP contribution >= 0.6 is 15.9 Å². The second-order valence-electron chi connectivity index (χ2n) is 6.52. The van der Waals surface area contributed by atoms with E-state index in [0.717, 1.165) is 0 Å². The lowest BCUT2D eigenvalue weighted by molar-refractivity contribution is -0.151. The number of carbonyl (C=O) groups excluding carboxylic acids is 1. The summed E-state index contributed by atoms with van der Waals surface area (Å²) < 4.78 is 30.3. The Morgan fingerprint density at radius 2 is 1.95 bits per heavy atom. The zero-order valence-corrected chi connectivity index (χ0v) is 14.0. The van der Waals surface area contributed by atoms with Gasteiger partial charge in [-0.25, -0.2) is 13.8 Å². The van der Waals surface area contributed by atoms with Gasteiger partial charge in [0.25, 0.3) is 11.8 Å². The molecule has 7 heteroatoms. The molecule has 1 heterocycles. The normalized spacial score (nSPS) is 28.7. The first-order chi connectivity index (χ1) is 10.0. The zero-order valence-electron chi connectivity index (χ0n) is 12.5. The van der Waals surface area contributed by atoms with E-state index in [1.165, 1.54) is 31.9 Å². The molecule has 3 rings (SSSR count). The van der Waals surface area contributed by atoms with Crippen molar-refractivity contribution in [1.29, 1.82) is 0 Å². The van der Waals surface area contributed by atoms with Crippen molar-refractivity contribution < 1.29 is 13.6 Å². The third kappa shape index (κ3) is 1.71. The molecule has 2 N–H and O–H groups in total. The molecule has 0 saturated carbocycles. The Hall–Kier alpha value is -1.50. The smallest absolute Gasteiger partial charge is 0.278 e. The van der Waals surface area contributed by atoms with Gasteiger partial charge in [-0.3, -0.25) is 9.69 Å². The van der Waals surface area contributed by atoms with Gasteiger partial charge >= 0.3 is 0 Å². The van der Waals surface area contributed by atoms with Crippen LogP contribution in [0.25, 0.3) is 0 Å². The van der Waals surface area contributed by atoms with Crippen LogP contribution in [0, 0.1) is 5.41 Å². The van der Waals surface area contributed by atoms with Crippen molar-refractivity contribution in [2.75, 3.05) is 7.05 Å². The van der Waals surface area contributed by atoms with E-state index in [9.17, 15) is 13.6 Å². The summed E-state index contributed by atoms with van der Waals surface area (Å²) in [5.74, 6) is -3.37. The molecule has 2 aliphatic rings. The molecule has 1 aliphatic carbocycles. The highest BCUT2D eigenvalue weighted by Crippen LogP contribution is 2.59. The molecular formula is C15H16BrF2N3O. The Labute approximate surface area is 135 Å². The van der Waals surface area contributed by atoms with Crippen LogP contribution in [0.3, 0.4) is 0 Å². The van der Waals surface area contributed by atoms with Crippen molar-refractivity contribution in [3.05, 3.63) is 33.8 Å². The summed E-state index contributed by atoms with van der Waals surface area (Å²) in [7, 11) is 1.51. The summed E-state index contributed by atoms with van der Waals surface area (Å²) in [5.41, 5.74) is 3.06. The molecule has 118 valence electrons. The first kappa shape index (κ1) is 15.4. The predicted octanol–water partition coefficient (Wildman–Crippen LogP) is 2.95. The number of nitrogens with two attached hydrogens (primary N) is 1. The Morgan fingerprint density at radius 3 is 2.50 bits per heavy atom. The van der Waals surface area contributed by atoms with Crippen molar-refractivity contribution in [1.82, 2.24) is 4.90 Å². The van der Waals surface area contributed by atoms with Crippen LogP contribution in [0.1, 0.15) is 31.4 Å². The van der Waals surface area contributed by atoms with Gasteiger partial charge in [0.1, 0.15) is 0 Å². The number of amides is 1. The molecule has 0 saturated heterocycles. The van der Waals surface area contributed by atoms with E-state index < -0.39 is 16.9 Å². The number of likely N-dealkylation sites (N-methyl/N-ethyl adjacent to an activating group) is 1. The van der Waals surface area contributed by atoms with Crippen LogP contribution < -0.4 is 5.73 Å². The molecule has 1 aromatic rings. The van der Waals surface area contributed by atoms with Gasteiger partial charge in [0, 0.05) is 22.5 Å². The summed E-state index contributed by atoms with van der Waals surface area (Å²) in [6.45, 7) is 2.91. The molecule has 1 atom stereocenters. The quantitative estimate of drug-likeness (QED) is 0.761. The number of alkyl halides is 2. The predicted molar refractivity (Wildman–Crippen MR) is 82.5 cm³/mol. The molecular weight excluding hydrogens is 356 g/mol. The Bertz CT molecular complexity index is 717. The largest absolute Gasteiger partial charge is 0.369 e. The van der Waals surface area contributed by atoms with Crippen LogP contribution in [-0.2, 0) is 16.3 Å². The number of fused-ring (bicyclic) bond motifs is 2. The first-order valence-electron chi connectivity index (χ1n) is 6.85. The lowest BCUT2D eigenvalue weighted by Crippen LogP contribution is -2.51. The maximum Gasteiger partial charge on any atom is 0.278 e. The van der Waals surface area contributed by atoms with Gasteiger partial charge in [0.05, 0.1) is 0 Å². The Kier molecular flexibility index (Phi) is 2.99. The number of nitrogens with zero attached hydrogens (tertiary/aromatic N) is 2. The molecule has 0 aromatic heterocycles. The molecule has 0 fully saturated rings. The summed E-state index contributed by atoms with van der Waals surface area (Å²) in [6, 6.07) is 4.46. The summed E-state index contributed by atoms with van der Waals surface area (Å²) in [4.78, 5) is 18.3. The van der Waals surface area contributed by atoms with E-state index >= 15 is 0 Å². The molecule has 1 aromatic carbocycles. The molecule has 22 heavy (non-hydrogen) atoms. The Morgan fingerprint density at radius 1 is 1.32 bits per heavy atom. The summed E-state index contributed by atoms with van der Waals surface area (Å²) >= 11 is 3.29. The van der Waals surface area contributed by atoms with E-state index in [1.54, 1.807) is 12.1 Å². The van der Waals surface area contributed by atoms with Crippen LogP contribution in [-0.4, -0.2) is 23.8 Å². The highest BCUT2D eigenvalue weighted by molar-refractivity contribution is 9.10. The zero-order chi connectivity index (χ0) is 16.5. The molecule has 0 radical (unpaired) electrons. The third-order valence-corrected chi connectivity index (χ3v) is 5.11. The van der Waals surface area contributed by atoms with Crippen molar-refractivity contribution >= 4 is 27.8 Å². The fourth-order valence-corrected chi connectivity index (χ4v) is 3.69. The fraction of sp³-hybridized carbons (Fsp3) is 0.467. The van der Waals surface area contributed by atoms with Crippen molar-refractivity contribution in [3.8, 4) is 0 Å². The van der Waals surface area contributed by atoms with Crippen molar-refractivity contribution in [3.63, 3.8) is 0 Å². The highest BCUT2D eigenvalue weighted by Gasteiger charge is 2.63. The Balaban J connectivity index is 2.36. The monoisotopic (exact) mass is 371 g/mol. The van der Waals surface area contributed by atoms with E-state index in [2.05, 4.69) is 20.9 Å². The second kappa shape index (κ2) is 4.28. The number of benzene rings is 1. The molecule has 4 nitrogen and oxygen atoms in total. The number of hydrogen-bond donors (Lipinski definition) is 1. The number of carbonyl (C=O) groups is 1. The molecule has 1 spiro atoms. The van der Waals surface area contributed by atoms with Crippen molar-refractivity contribution in [2.45, 2.75) is 31.7 Å². The van der Waals surface area contributed by atoms with Gasteiger partial charge in [-0.05, 0) is 24.1 Å². The maximum atomic E-state index is 14.8. The lowest BCUT2D eigenvalue weighted by Gasteiger charge is -2.46. The lowest BCUT2D eigenvalue weighted by atomic mass is 9.63. The van der Waals surface area contributed by atoms with Crippen LogP contribution in [0.4, 0.5) is 8.78 Å². The number of aliphatic imine (C=N–C) groups is 1. The van der Waals surface area contributed by atoms with Crippen LogP contribution in [0.15, 0.2) is 27.7 Å². The molecule has 1 aliphatic heterocycles. The first-order valence-corrected chi connectivity index (χ1v) is 7.64. The van der Waals surface area contributed by atoms with Gasteiger partial charge in [0.2, 0.25) is 0 Å². The van der Waals surface area contributed by atoms with E-state index in [0.29, 0.717) is 4.47 Å². The standard InChI is InChI=1S/C15H16BrF2N3O/c1-13(2)7-14(11(22)21(3)12(19)20-14)10-6-8(16)4-5-9(10)15(13,17)18/h4-6H,7H2,1-3H3,(H2,19,20). The fourth-order valence-electron chi connectivity index (χ4n) is 3.33. The number of guanidine groups is 1. The van der Waals surface area contributed by atoms with Gasteiger partial charge in [0.15, 0.2) is 11.5 Å². The minimum Gasteiger partial charge on any atom is -0.369 e. The summed E-state index contributed by atoms with van der Waals surface area (Å²) in [6.07, 6.45) is -0.0969. The van der Waals surface area contributed by atoms with Gasteiger partial charge in [-0.15, -0.1) is 0 Å². The SMILES string of the molecule is CN1C(=O)C2(CC(C)(C)C(F)(F)c3ccc(Br)cc32)N=C1N. The maximum absolute atomic E-state index is 14.8. The topological polar surface area (TPSA) is 58.7 Å².